The Labute approximate surface area is 655 Å². The van der Waals surface area contributed by atoms with Gasteiger partial charge in [-0.3, -0.25) is 57.9 Å². The second-order valence-electron chi connectivity index (χ2n) is 32.5. The largest absolute Gasteiger partial charge is 0.414 e. The minimum atomic E-state index is -3.88. The number of urea groups is 1. The minimum Gasteiger partial charge on any atom is -0.414 e. The van der Waals surface area contributed by atoms with E-state index in [9.17, 15) is 74.9 Å². The molecule has 0 spiro atoms. The Morgan fingerprint density at radius 1 is 0.649 bits per heavy atom. The molecule has 6 aliphatic carbocycles. The number of nitro benzene ring substituents is 1. The van der Waals surface area contributed by atoms with E-state index in [1.165, 1.54) is 69.3 Å². The van der Waals surface area contributed by atoms with Crippen LogP contribution in [0.4, 0.5) is 15.3 Å². The molecule has 0 radical (unpaired) electrons. The summed E-state index contributed by atoms with van der Waals surface area (Å²) >= 11 is 4.92. The van der Waals surface area contributed by atoms with E-state index in [0.717, 1.165) is 44.3 Å². The predicted octanol–water partition coefficient (Wildman–Crippen LogP) is 6.58. The van der Waals surface area contributed by atoms with E-state index in [1.807, 2.05) is 59.7 Å². The van der Waals surface area contributed by atoms with Gasteiger partial charge < -0.3 is 57.1 Å². The van der Waals surface area contributed by atoms with Crippen LogP contribution in [0.1, 0.15) is 169 Å². The zero-order valence-corrected chi connectivity index (χ0v) is 64.9. The molecule has 4 aliphatic heterocycles. The SMILES string of the molecule is C.C.C=CC1CC1(NC(=O)[C@@H]1C[C@@H](N)CN1C(=O)[C@@H](NC(=O)CC1CC1)C(C)(C)C)C(=O)NS(=O)(=O)C1CC1.C=CC1CC1(NC(=O)[C@@H]1C[C@@H](NC(=O)N2CCc3ccccc3C2)CN1C(=O)[C@@H](NC(=O)CC1CC1)C(C)(C)C)C(=O)NS(=O)(=O)C1CC1.O=C(Cl)Oc1ccc([N+](=O)[O-])cc1.c1ccc2c(c1)CCNC2. The van der Waals surface area contributed by atoms with Gasteiger partial charge in [0.25, 0.3) is 17.5 Å². The Balaban J connectivity index is 0.000000217. The second kappa shape index (κ2) is 35.9. The molecule has 30 nitrogen and oxygen atoms in total. The summed E-state index contributed by atoms with van der Waals surface area (Å²) in [6.07, 6.45) is 12.1. The summed E-state index contributed by atoms with van der Waals surface area (Å²) in [6.45, 7) is 21.8. The van der Waals surface area contributed by atoms with Crippen LogP contribution in [0.3, 0.4) is 0 Å². The molecular weight excluding hydrogens is 1490 g/mol. The van der Waals surface area contributed by atoms with Crippen molar-refractivity contribution in [3.8, 4) is 5.75 Å². The zero-order chi connectivity index (χ0) is 79.3. The molecule has 10 atom stereocenters. The van der Waals surface area contributed by atoms with Crippen LogP contribution in [0.15, 0.2) is 98.1 Å². The maximum atomic E-state index is 14.4. The Morgan fingerprint density at radius 2 is 1.09 bits per heavy atom. The van der Waals surface area contributed by atoms with Gasteiger partial charge in [0.15, 0.2) is 0 Å². The van der Waals surface area contributed by atoms with Crippen molar-refractivity contribution in [3.05, 3.63) is 130 Å². The summed E-state index contributed by atoms with van der Waals surface area (Å²) < 4.78 is 58.7. The number of hydrogen-bond acceptors (Lipinski definition) is 19. The first-order chi connectivity index (χ1) is 51.3. The number of benzene rings is 3. The summed E-state index contributed by atoms with van der Waals surface area (Å²) in [6, 6.07) is 16.4. The van der Waals surface area contributed by atoms with E-state index in [2.05, 4.69) is 89.6 Å². The van der Waals surface area contributed by atoms with E-state index in [0.29, 0.717) is 69.9 Å². The molecule has 33 heteroatoms. The van der Waals surface area contributed by atoms with Crippen molar-refractivity contribution in [1.29, 1.82) is 0 Å². The first-order valence-corrected chi connectivity index (χ1v) is 40.8. The molecule has 10 aliphatic rings. The lowest BCUT2D eigenvalue weighted by Gasteiger charge is -2.36. The van der Waals surface area contributed by atoms with Crippen molar-refractivity contribution in [2.75, 3.05) is 26.2 Å². The molecule has 3 aromatic carbocycles. The molecule has 13 rings (SSSR count). The lowest BCUT2D eigenvalue weighted by atomic mass is 9.85. The lowest BCUT2D eigenvalue weighted by Crippen LogP contribution is -2.60. The van der Waals surface area contributed by atoms with E-state index in [-0.39, 0.29) is 82.9 Å². The number of fused-ring (bicyclic) bond motifs is 2. The van der Waals surface area contributed by atoms with Crippen molar-refractivity contribution in [1.82, 2.24) is 56.0 Å². The quantitative estimate of drug-likeness (QED) is 0.0209. The number of hydrogen-bond donors (Lipinski definition) is 9. The van der Waals surface area contributed by atoms with Crippen LogP contribution >= 0.6 is 11.6 Å². The Bertz CT molecular complexity index is 4230. The second-order valence-corrected chi connectivity index (χ2v) is 36.7. The average Bonchev–Trinajstić information content (AvgIpc) is 1.58. The number of nitrogens with one attached hydrogen (secondary N) is 8. The maximum absolute atomic E-state index is 14.4. The highest BCUT2D eigenvalue weighted by Crippen LogP contribution is 2.47. The fourth-order valence-corrected chi connectivity index (χ4v) is 17.0. The van der Waals surface area contributed by atoms with Gasteiger partial charge in [0.1, 0.15) is 41.0 Å². The number of nitro groups is 1. The Morgan fingerprint density at radius 3 is 1.50 bits per heavy atom. The number of carbonyl (C=O) groups is 10. The van der Waals surface area contributed by atoms with Crippen LogP contribution in [0.25, 0.3) is 0 Å². The normalized spacial score (nSPS) is 24.6. The predicted molar refractivity (Wildman–Crippen MR) is 417 cm³/mol. The number of sulfonamides is 2. The fraction of sp³-hybridized carbons (Fsp3) is 0.590. The van der Waals surface area contributed by atoms with Crippen LogP contribution in [0, 0.1) is 44.6 Å². The minimum absolute atomic E-state index is 0. The lowest BCUT2D eigenvalue weighted by molar-refractivity contribution is -0.384. The van der Waals surface area contributed by atoms with Crippen LogP contribution in [-0.2, 0) is 84.3 Å². The first-order valence-electron chi connectivity index (χ1n) is 37.3. The Hall–Kier alpha value is -8.85. The standard InChI is InChI=1S/C35H48N6O7S.C25H39N5O6S.C9H11N.C7H4ClNO4.2CH4/c1-5-24-18-35(24,32(45)39-49(47,48)26-12-13-26)38-30(43)27-17-25(36-33(46)40-15-14-22-8-6-7-9-23(22)19-40)20-41(27)31(44)29(34(2,3)4)37-28(42)16-21-10-11-21;1-5-15-12-25(15,23(34)29-37(35,36)17-8-9-17)28-21(32)18-11-16(26)13-30(18)22(33)20(24(2,3)4)27-19(31)10-14-6-7-14;1-2-4-9-7-10-6-5-8(9)3-1;8-7(10)13-6-3-1-5(2-4-6)9(11)12;;/h5-9,21,24-27,29H,1,10-20H2,2-4H3,(H,36,46)(H,37,42)(H,38,43)(H,39,45);5,14-18,20H,1,6-13,26H2,2-4H3,(H,27,31)(H,28,32)(H,29,34);1-4,10H,5-7H2;1-4H;2*1H4/t24?,25-,27+,29-,35?;15?,16-,18+,20-,25?;;;;/m11..../s1. The third-order valence-corrected chi connectivity index (χ3v) is 25.2. The molecule has 8 fully saturated rings. The van der Waals surface area contributed by atoms with Gasteiger partial charge in [-0.05, 0) is 153 Å². The Kier molecular flexibility index (Phi) is 28.4. The third kappa shape index (κ3) is 22.7. The molecular formula is C78H110ClN13O17S2. The average molecular weight is 1600 g/mol. The molecule has 6 saturated carbocycles. The molecule has 3 aromatic rings. The van der Waals surface area contributed by atoms with Crippen LogP contribution in [0.2, 0.25) is 0 Å². The molecule has 2 saturated heterocycles. The van der Waals surface area contributed by atoms with Crippen molar-refractivity contribution in [2.45, 2.75) is 230 Å². The number of rotatable bonds is 23. The number of halogens is 1. The van der Waals surface area contributed by atoms with E-state index >= 15 is 0 Å². The number of non-ortho nitro benzene ring substituents is 1. The highest BCUT2D eigenvalue weighted by Gasteiger charge is 2.64. The molecule has 4 unspecified atom stereocenters. The summed E-state index contributed by atoms with van der Waals surface area (Å²) in [5.41, 5.74) is 6.05. The van der Waals surface area contributed by atoms with Gasteiger partial charge in [0, 0.05) is 87.2 Å². The summed E-state index contributed by atoms with van der Waals surface area (Å²) in [7, 11) is -7.68. The molecule has 0 bridgehead atoms. The van der Waals surface area contributed by atoms with Gasteiger partial charge in [-0.2, -0.15) is 0 Å². The number of likely N-dealkylation sites (tertiary alicyclic amines) is 2. The topological polar surface area (TPSA) is 423 Å². The van der Waals surface area contributed by atoms with Crippen LogP contribution < -0.4 is 51.8 Å². The van der Waals surface area contributed by atoms with E-state index in [4.69, 9.17) is 17.3 Å². The number of ether oxygens (including phenoxy) is 1. The van der Waals surface area contributed by atoms with E-state index < -0.39 is 146 Å². The van der Waals surface area contributed by atoms with E-state index in [1.54, 1.807) is 4.90 Å². The first kappa shape index (κ1) is 87.7. The smallest absolute Gasteiger partial charge is 0.409 e. The number of nitrogens with zero attached hydrogens (tertiary/aromatic N) is 4. The summed E-state index contributed by atoms with van der Waals surface area (Å²) in [5.74, 6) is -4.24. The molecule has 4 heterocycles. The van der Waals surface area contributed by atoms with Gasteiger partial charge in [-0.15, -0.1) is 13.2 Å². The third-order valence-electron chi connectivity index (χ3n) is 21.5. The van der Waals surface area contributed by atoms with Gasteiger partial charge >= 0.3 is 11.5 Å². The van der Waals surface area contributed by atoms with Crippen LogP contribution in [0.5, 0.6) is 5.75 Å². The summed E-state index contributed by atoms with van der Waals surface area (Å²) in [5, 5.41) is 26.7. The monoisotopic (exact) mass is 1600 g/mol. The number of carbonyl (C=O) groups excluding carboxylic acids is 10. The van der Waals surface area contributed by atoms with Gasteiger partial charge in [-0.1, -0.05) is 117 Å². The highest BCUT2D eigenvalue weighted by molar-refractivity contribution is 7.91. The maximum Gasteiger partial charge on any atom is 0.409 e. The van der Waals surface area contributed by atoms with Crippen molar-refractivity contribution >= 4 is 96.1 Å². The highest BCUT2D eigenvalue weighted by atomic mass is 35.5. The van der Waals surface area contributed by atoms with Crippen molar-refractivity contribution in [3.63, 3.8) is 0 Å². The van der Waals surface area contributed by atoms with Crippen LogP contribution in [-0.4, -0.2) is 179 Å². The molecule has 10 amide bonds. The molecule has 10 N–H and O–H groups in total. The van der Waals surface area contributed by atoms with Crippen molar-refractivity contribution in [2.24, 2.45) is 40.2 Å². The van der Waals surface area contributed by atoms with Gasteiger partial charge in [0.2, 0.25) is 55.5 Å². The van der Waals surface area contributed by atoms with Crippen molar-refractivity contribution < 1.29 is 74.4 Å². The summed E-state index contributed by atoms with van der Waals surface area (Å²) in [4.78, 5) is 145. The fourth-order valence-electron chi connectivity index (χ4n) is 14.2. The number of amides is 10. The molecule has 608 valence electrons. The van der Waals surface area contributed by atoms with Gasteiger partial charge in [0.05, 0.1) is 21.5 Å². The molecule has 111 heavy (non-hydrogen) atoms. The molecule has 0 aromatic heterocycles. The number of nitrogens with two attached hydrogens (primary N) is 1. The zero-order valence-electron chi connectivity index (χ0n) is 62.5. The van der Waals surface area contributed by atoms with Gasteiger partial charge in [-0.25, -0.2) is 26.4 Å².